The van der Waals surface area contributed by atoms with Gasteiger partial charge in [0.05, 0.1) is 23.3 Å². The molecule has 0 aromatic heterocycles. The third-order valence-electron chi connectivity index (χ3n) is 1.89. The summed E-state index contributed by atoms with van der Waals surface area (Å²) in [6, 6.07) is 5.41. The van der Waals surface area contributed by atoms with Crippen LogP contribution in [-0.2, 0) is 20.9 Å². The van der Waals surface area contributed by atoms with Gasteiger partial charge in [-0.25, -0.2) is 0 Å². The molecule has 1 aromatic carbocycles. The Balaban J connectivity index is 0.00000361. The van der Waals surface area contributed by atoms with Gasteiger partial charge >= 0.3 is 0 Å². The highest BCUT2D eigenvalue weighted by atomic mass is 35.5. The molecule has 0 aliphatic carbocycles. The fraction of sp³-hybridized carbons (Fsp3) is 0.455. The Morgan fingerprint density at radius 3 is 2.35 bits per heavy atom. The molecule has 1 aromatic rings. The van der Waals surface area contributed by atoms with Crippen LogP contribution in [-0.4, -0.2) is 29.3 Å². The zero-order chi connectivity index (χ0) is 14.3. The highest BCUT2D eigenvalue weighted by molar-refractivity contribution is 8.69. The topological polar surface area (TPSA) is 18.5 Å². The molecule has 0 saturated carbocycles. The van der Waals surface area contributed by atoms with Crippen LogP contribution in [0.1, 0.15) is 13.8 Å². The molecule has 0 radical (unpaired) electrons. The van der Waals surface area contributed by atoms with Crippen molar-refractivity contribution in [2.45, 2.75) is 18.7 Å². The van der Waals surface area contributed by atoms with Gasteiger partial charge in [-0.3, -0.25) is 0 Å². The van der Waals surface area contributed by atoms with Crippen molar-refractivity contribution in [1.82, 2.24) is 0 Å². The molecule has 20 heavy (non-hydrogen) atoms. The van der Waals surface area contributed by atoms with Gasteiger partial charge in [0.25, 0.3) is 0 Å². The number of halogens is 2. The summed E-state index contributed by atoms with van der Waals surface area (Å²) in [5.41, 5.74) is -2.23. The lowest BCUT2D eigenvalue weighted by molar-refractivity contribution is 0.280. The van der Waals surface area contributed by atoms with E-state index in [4.69, 9.17) is 44.1 Å². The molecule has 0 unspecified atom stereocenters. The van der Waals surface area contributed by atoms with Crippen LogP contribution >= 0.6 is 52.0 Å². The molecule has 0 saturated heterocycles. The minimum atomic E-state index is -2.23. The average molecular weight is 409 g/mol. The maximum atomic E-state index is 6.10. The van der Waals surface area contributed by atoms with Crippen molar-refractivity contribution in [3.63, 3.8) is 0 Å². The van der Waals surface area contributed by atoms with E-state index >= 15 is 0 Å². The Labute approximate surface area is 148 Å². The van der Waals surface area contributed by atoms with E-state index in [0.717, 1.165) is 9.98 Å². The Morgan fingerprint density at radius 1 is 1.20 bits per heavy atom. The molecule has 1 rings (SSSR count). The number of thioether (sulfide) groups is 1. The number of benzene rings is 1. The molecule has 0 aliphatic rings. The monoisotopic (exact) mass is 408 g/mol. The van der Waals surface area contributed by atoms with Gasteiger partial charge in [-0.15, -0.1) is 11.8 Å². The van der Waals surface area contributed by atoms with Crippen LogP contribution < -0.4 is 0 Å². The Hall–Kier alpha value is 1.29. The largest absolute Gasteiger partial charge is 0.322 e. The second kappa shape index (κ2) is 10.9. The molecule has 0 atom stereocenters. The lowest BCUT2D eigenvalue weighted by Crippen LogP contribution is -1.92. The lowest BCUT2D eigenvalue weighted by Gasteiger charge is -2.19. The molecule has 116 valence electrons. The first-order valence-corrected chi connectivity index (χ1v) is 11.6. The zero-order valence-electron chi connectivity index (χ0n) is 10.6. The minimum absolute atomic E-state index is 0. The van der Waals surface area contributed by atoms with Gasteiger partial charge in [0.15, 0.2) is 0 Å². The molecule has 2 nitrogen and oxygen atoms in total. The molecule has 0 bridgehead atoms. The van der Waals surface area contributed by atoms with E-state index in [1.54, 1.807) is 23.9 Å². The zero-order valence-corrected chi connectivity index (χ0v) is 15.5. The van der Waals surface area contributed by atoms with Crippen LogP contribution in [0, 0.1) is 0 Å². The summed E-state index contributed by atoms with van der Waals surface area (Å²) in [6.07, 6.45) is 0. The van der Waals surface area contributed by atoms with E-state index in [1.807, 2.05) is 19.9 Å². The van der Waals surface area contributed by atoms with Gasteiger partial charge in [0.2, 0.25) is 5.69 Å². The van der Waals surface area contributed by atoms with Crippen molar-refractivity contribution < 1.29 is 9.05 Å². The average Bonchev–Trinajstić information content (AvgIpc) is 2.34. The van der Waals surface area contributed by atoms with E-state index in [1.165, 1.54) is 11.4 Å². The van der Waals surface area contributed by atoms with Gasteiger partial charge in [0, 0.05) is 9.92 Å². The standard InChI is InChI=1S/C11H15Cl2O2PS3.H4Si/c1-3-14-16(17,15-4-2)19-8-18-11-7-9(12)5-6-10(11)13;/h5-7H,3-4,8H2,1-2H3;1H4. The summed E-state index contributed by atoms with van der Waals surface area (Å²) < 4.78 is 11.1. The molecular weight excluding hydrogens is 390 g/mol. The smallest absolute Gasteiger partial charge is 0.248 e. The van der Waals surface area contributed by atoms with E-state index in [0.29, 0.717) is 23.3 Å². The number of rotatable bonds is 8. The second-order valence-electron chi connectivity index (χ2n) is 3.25. The van der Waals surface area contributed by atoms with E-state index in [-0.39, 0.29) is 11.0 Å². The Bertz CT molecular complexity index is 455. The van der Waals surface area contributed by atoms with Crippen LogP contribution in [0.2, 0.25) is 10.0 Å². The molecule has 0 spiro atoms. The number of hydrogen-bond donors (Lipinski definition) is 0. The van der Waals surface area contributed by atoms with Gasteiger partial charge in [-0.2, -0.15) is 0 Å². The summed E-state index contributed by atoms with van der Waals surface area (Å²) in [4.78, 5) is 0.941. The fourth-order valence-corrected chi connectivity index (χ4v) is 8.71. The van der Waals surface area contributed by atoms with Crippen LogP contribution in [0.25, 0.3) is 0 Å². The van der Waals surface area contributed by atoms with Crippen molar-refractivity contribution in [2.75, 3.05) is 18.3 Å². The maximum absolute atomic E-state index is 6.10. The molecule has 0 heterocycles. The highest BCUT2D eigenvalue weighted by Gasteiger charge is 2.18. The summed E-state index contributed by atoms with van der Waals surface area (Å²) in [6.45, 7) is 4.96. The molecule has 0 fully saturated rings. The van der Waals surface area contributed by atoms with E-state index in [2.05, 4.69) is 0 Å². The van der Waals surface area contributed by atoms with Crippen LogP contribution in [0.15, 0.2) is 23.1 Å². The first-order valence-electron chi connectivity index (χ1n) is 5.62. The molecular formula is C11H19Cl2O2PS3Si. The van der Waals surface area contributed by atoms with Crippen molar-refractivity contribution in [3.8, 4) is 0 Å². The summed E-state index contributed by atoms with van der Waals surface area (Å²) >= 11 is 20.6. The summed E-state index contributed by atoms with van der Waals surface area (Å²) in [7, 11) is 0. The lowest BCUT2D eigenvalue weighted by atomic mass is 10.4. The van der Waals surface area contributed by atoms with Crippen molar-refractivity contribution in [1.29, 1.82) is 0 Å². The molecule has 0 amide bonds. The van der Waals surface area contributed by atoms with Crippen LogP contribution in [0.4, 0.5) is 0 Å². The third kappa shape index (κ3) is 7.52. The quantitative estimate of drug-likeness (QED) is 0.269. The second-order valence-corrected chi connectivity index (χ2v) is 11.8. The Kier molecular flexibility index (Phi) is 11.6. The summed E-state index contributed by atoms with van der Waals surface area (Å²) in [5, 5.41) is 2.08. The SMILES string of the molecule is CCOP(=S)(OCC)SCSc1cc(Cl)ccc1Cl.[SiH4]. The highest BCUT2D eigenvalue weighted by Crippen LogP contribution is 2.62. The first kappa shape index (κ1) is 21.3. The molecule has 0 N–H and O–H groups in total. The minimum Gasteiger partial charge on any atom is -0.322 e. The van der Waals surface area contributed by atoms with E-state index < -0.39 is 5.69 Å². The van der Waals surface area contributed by atoms with Gasteiger partial charge in [-0.05, 0) is 54.8 Å². The third-order valence-corrected chi connectivity index (χ3v) is 9.69. The first-order chi connectivity index (χ1) is 9.00. The van der Waals surface area contributed by atoms with Crippen LogP contribution in [0.3, 0.4) is 0 Å². The fourth-order valence-electron chi connectivity index (χ4n) is 1.17. The predicted molar refractivity (Wildman–Crippen MR) is 104 cm³/mol. The van der Waals surface area contributed by atoms with Crippen molar-refractivity contribution >= 4 is 74.8 Å². The predicted octanol–water partition coefficient (Wildman–Crippen LogP) is 4.62. The van der Waals surface area contributed by atoms with Crippen molar-refractivity contribution in [2.24, 2.45) is 0 Å². The van der Waals surface area contributed by atoms with Gasteiger partial charge in [-0.1, -0.05) is 34.6 Å². The number of hydrogen-bond acceptors (Lipinski definition) is 5. The van der Waals surface area contributed by atoms with Gasteiger partial charge in [0.1, 0.15) is 0 Å². The molecule has 9 heteroatoms. The molecule has 0 aliphatic heterocycles. The summed E-state index contributed by atoms with van der Waals surface area (Å²) in [5.74, 6) is 0. The van der Waals surface area contributed by atoms with Gasteiger partial charge < -0.3 is 9.05 Å². The van der Waals surface area contributed by atoms with Crippen LogP contribution in [0.5, 0.6) is 0 Å². The normalized spacial score (nSPS) is 11.2. The maximum Gasteiger partial charge on any atom is 0.248 e. The Morgan fingerprint density at radius 2 is 1.80 bits per heavy atom. The van der Waals surface area contributed by atoms with Crippen molar-refractivity contribution in [3.05, 3.63) is 28.2 Å². The van der Waals surface area contributed by atoms with E-state index in [9.17, 15) is 0 Å².